The molecule has 1 aromatic rings. The minimum absolute atomic E-state index is 0.0101. The van der Waals surface area contributed by atoms with Crippen LogP contribution < -0.4 is 5.09 Å². The number of aryl methyl sites for hydroxylation is 1. The lowest BCUT2D eigenvalue weighted by molar-refractivity contribution is -0.108. The Morgan fingerprint density at radius 1 is 1.43 bits per heavy atom. The molecule has 0 bridgehead atoms. The fraction of sp³-hybridized carbons (Fsp3) is 0.364. The molecule has 1 rings (SSSR count). The van der Waals surface area contributed by atoms with Crippen LogP contribution in [0.2, 0.25) is 0 Å². The second-order valence-electron chi connectivity index (χ2n) is 3.23. The van der Waals surface area contributed by atoms with Gasteiger partial charge in [-0.15, -0.1) is 0 Å². The smallest absolute Gasteiger partial charge is 0.136 e. The van der Waals surface area contributed by atoms with Gasteiger partial charge >= 0.3 is 0 Å². The lowest BCUT2D eigenvalue weighted by atomic mass is 10.2. The number of rotatable bonds is 6. The van der Waals surface area contributed by atoms with E-state index >= 15 is 0 Å². The Bertz CT molecular complexity index is 263. The maximum absolute atomic E-state index is 10.3. The van der Waals surface area contributed by atoms with Crippen molar-refractivity contribution in [2.24, 2.45) is 0 Å². The first-order chi connectivity index (χ1) is 6.83. The summed E-state index contributed by atoms with van der Waals surface area (Å²) >= 11 is 0. The molecular formula is C11H16NOP. The zero-order chi connectivity index (χ0) is 10.2. The Morgan fingerprint density at radius 2 is 2.14 bits per heavy atom. The molecule has 0 saturated carbocycles. The van der Waals surface area contributed by atoms with Crippen LogP contribution in [-0.4, -0.2) is 18.5 Å². The van der Waals surface area contributed by atoms with E-state index in [4.69, 9.17) is 0 Å². The van der Waals surface area contributed by atoms with E-state index < -0.39 is 0 Å². The molecule has 14 heavy (non-hydrogen) atoms. The minimum atomic E-state index is -0.0101. The van der Waals surface area contributed by atoms with Gasteiger partial charge in [0.2, 0.25) is 0 Å². The van der Waals surface area contributed by atoms with Gasteiger partial charge in [-0.25, -0.2) is 0 Å². The number of carbonyl (C=O) groups excluding carboxylic acids is 1. The van der Waals surface area contributed by atoms with Gasteiger partial charge in [0.05, 0.1) is 6.04 Å². The van der Waals surface area contributed by atoms with Crippen molar-refractivity contribution >= 4 is 15.0 Å². The zero-order valence-corrected chi connectivity index (χ0v) is 9.36. The molecule has 0 heterocycles. The van der Waals surface area contributed by atoms with Crippen LogP contribution in [-0.2, 0) is 11.2 Å². The van der Waals surface area contributed by atoms with Crippen LogP contribution in [0.4, 0.5) is 0 Å². The summed E-state index contributed by atoms with van der Waals surface area (Å²) in [4.78, 5) is 10.3. The van der Waals surface area contributed by atoms with Crippen LogP contribution in [0.1, 0.15) is 12.5 Å². The molecule has 0 saturated heterocycles. The summed E-state index contributed by atoms with van der Waals surface area (Å²) in [5.74, 6) is 0. The normalized spacial score (nSPS) is 13.2. The Morgan fingerprint density at radius 3 is 2.79 bits per heavy atom. The van der Waals surface area contributed by atoms with E-state index in [1.165, 1.54) is 5.56 Å². The lowest BCUT2D eigenvalue weighted by Gasteiger charge is -2.06. The summed E-state index contributed by atoms with van der Waals surface area (Å²) in [5, 5.41) is 3.16. The van der Waals surface area contributed by atoms with Crippen molar-refractivity contribution in [2.75, 3.05) is 6.16 Å². The second kappa shape index (κ2) is 6.69. The van der Waals surface area contributed by atoms with E-state index in [1.807, 2.05) is 13.0 Å². The van der Waals surface area contributed by atoms with Crippen LogP contribution >= 0.6 is 8.73 Å². The number of aldehydes is 1. The molecule has 1 aromatic carbocycles. The van der Waals surface area contributed by atoms with Gasteiger partial charge in [-0.2, -0.15) is 0 Å². The third-order valence-electron chi connectivity index (χ3n) is 1.92. The number of nitrogens with one attached hydrogen (secondary N) is 1. The van der Waals surface area contributed by atoms with Crippen LogP contribution in [0, 0.1) is 0 Å². The molecule has 0 aromatic heterocycles. The van der Waals surface area contributed by atoms with E-state index in [2.05, 4.69) is 29.4 Å². The highest BCUT2D eigenvalue weighted by Crippen LogP contribution is 2.09. The molecule has 0 spiro atoms. The van der Waals surface area contributed by atoms with Crippen LogP contribution in [0.15, 0.2) is 30.3 Å². The first kappa shape index (κ1) is 11.4. The maximum atomic E-state index is 10.3. The van der Waals surface area contributed by atoms with Crippen molar-refractivity contribution in [3.05, 3.63) is 35.9 Å². The van der Waals surface area contributed by atoms with Gasteiger partial charge < -0.3 is 4.79 Å². The van der Waals surface area contributed by atoms with Gasteiger partial charge in [-0.1, -0.05) is 39.1 Å². The van der Waals surface area contributed by atoms with Crippen LogP contribution in [0.25, 0.3) is 0 Å². The lowest BCUT2D eigenvalue weighted by Crippen LogP contribution is -2.19. The summed E-state index contributed by atoms with van der Waals surface area (Å²) in [6.07, 6.45) is 3.12. The van der Waals surface area contributed by atoms with E-state index in [1.54, 1.807) is 0 Å². The fourth-order valence-corrected chi connectivity index (χ4v) is 2.07. The zero-order valence-electron chi connectivity index (χ0n) is 8.36. The van der Waals surface area contributed by atoms with Gasteiger partial charge in [-0.3, -0.25) is 5.09 Å². The Kier molecular flexibility index (Phi) is 5.43. The van der Waals surface area contributed by atoms with Crippen molar-refractivity contribution in [1.29, 1.82) is 0 Å². The summed E-state index contributed by atoms with van der Waals surface area (Å²) < 4.78 is 0. The summed E-state index contributed by atoms with van der Waals surface area (Å²) in [6, 6.07) is 10.4. The van der Waals surface area contributed by atoms with E-state index in [9.17, 15) is 4.79 Å². The number of hydrogen-bond donors (Lipinski definition) is 1. The van der Waals surface area contributed by atoms with Gasteiger partial charge in [0.1, 0.15) is 6.29 Å². The molecule has 0 radical (unpaired) electrons. The molecule has 0 aliphatic heterocycles. The van der Waals surface area contributed by atoms with Gasteiger partial charge in [0.15, 0.2) is 0 Å². The highest BCUT2D eigenvalue weighted by atomic mass is 31.1. The molecule has 76 valence electrons. The Hall–Kier alpha value is -0.720. The topological polar surface area (TPSA) is 29.1 Å². The summed E-state index contributed by atoms with van der Waals surface area (Å²) in [6.45, 7) is 1.88. The standard InChI is InChI=1S/C11H16NOP/c1-10(9-13)12-14-8-7-11-5-3-2-4-6-11/h2-6,9-10,12,14H,7-8H2,1H3/t10-/m0/s1. The molecule has 2 atom stereocenters. The van der Waals surface area contributed by atoms with Crippen molar-refractivity contribution in [3.63, 3.8) is 0 Å². The monoisotopic (exact) mass is 209 g/mol. The minimum Gasteiger partial charge on any atom is -0.302 e. The molecule has 3 heteroatoms. The first-order valence-electron chi connectivity index (χ1n) is 4.80. The summed E-state index contributed by atoms with van der Waals surface area (Å²) in [5.41, 5.74) is 1.36. The quantitative estimate of drug-likeness (QED) is 0.441. The molecule has 0 aliphatic carbocycles. The van der Waals surface area contributed by atoms with Gasteiger partial charge in [-0.05, 0) is 25.1 Å². The molecule has 0 aliphatic rings. The highest BCUT2D eigenvalue weighted by molar-refractivity contribution is 7.35. The van der Waals surface area contributed by atoms with Crippen LogP contribution in [0.3, 0.4) is 0 Å². The molecular weight excluding hydrogens is 193 g/mol. The number of benzene rings is 1. The summed E-state index contributed by atoms with van der Waals surface area (Å²) in [7, 11) is 0.664. The van der Waals surface area contributed by atoms with Crippen molar-refractivity contribution in [3.8, 4) is 0 Å². The van der Waals surface area contributed by atoms with E-state index in [-0.39, 0.29) is 6.04 Å². The van der Waals surface area contributed by atoms with E-state index in [0.29, 0.717) is 8.73 Å². The van der Waals surface area contributed by atoms with Crippen molar-refractivity contribution in [1.82, 2.24) is 5.09 Å². The highest BCUT2D eigenvalue weighted by Gasteiger charge is 1.96. The largest absolute Gasteiger partial charge is 0.302 e. The number of hydrogen-bond acceptors (Lipinski definition) is 2. The maximum Gasteiger partial charge on any atom is 0.136 e. The van der Waals surface area contributed by atoms with Gasteiger partial charge in [0, 0.05) is 0 Å². The molecule has 0 amide bonds. The molecule has 1 N–H and O–H groups in total. The third kappa shape index (κ3) is 4.50. The molecule has 2 nitrogen and oxygen atoms in total. The Balaban J connectivity index is 2.13. The third-order valence-corrected chi connectivity index (χ3v) is 3.07. The van der Waals surface area contributed by atoms with Crippen molar-refractivity contribution < 1.29 is 4.79 Å². The average Bonchev–Trinajstić information content (AvgIpc) is 2.25. The Labute approximate surface area is 86.9 Å². The first-order valence-corrected chi connectivity index (χ1v) is 6.01. The van der Waals surface area contributed by atoms with Crippen molar-refractivity contribution in [2.45, 2.75) is 19.4 Å². The second-order valence-corrected chi connectivity index (χ2v) is 4.37. The molecule has 1 unspecified atom stereocenters. The predicted molar refractivity (Wildman–Crippen MR) is 62.0 cm³/mol. The van der Waals surface area contributed by atoms with Gasteiger partial charge in [0.25, 0.3) is 0 Å². The predicted octanol–water partition coefficient (Wildman–Crippen LogP) is 2.00. The molecule has 0 fully saturated rings. The number of carbonyl (C=O) groups is 1. The fourth-order valence-electron chi connectivity index (χ4n) is 1.12. The SMILES string of the molecule is C[C@@H](C=O)NPCCc1ccccc1. The average molecular weight is 209 g/mol. The van der Waals surface area contributed by atoms with E-state index in [0.717, 1.165) is 18.9 Å². The van der Waals surface area contributed by atoms with Crippen LogP contribution in [0.5, 0.6) is 0 Å².